The molecule has 4 nitrogen and oxygen atoms in total. The molecule has 17 heavy (non-hydrogen) atoms. The molecule has 1 aromatic rings. The number of halogens is 1. The lowest BCUT2D eigenvalue weighted by atomic mass is 10.00. The smallest absolute Gasteiger partial charge is 0.128 e. The average molecular weight is 243 g/mol. The summed E-state index contributed by atoms with van der Waals surface area (Å²) in [5.74, 6) is -0.520. The maximum absolute atomic E-state index is 13.1. The molecule has 1 aromatic carbocycles. The monoisotopic (exact) mass is 243 g/mol. The lowest BCUT2D eigenvalue weighted by Gasteiger charge is -2.18. The van der Waals surface area contributed by atoms with Crippen molar-refractivity contribution in [3.8, 4) is 0 Å². The Morgan fingerprint density at radius 1 is 1.35 bits per heavy atom. The van der Waals surface area contributed by atoms with Crippen molar-refractivity contribution in [1.82, 2.24) is 5.32 Å². The molecular weight excluding hydrogens is 225 g/mol. The molecule has 1 rings (SSSR count). The highest BCUT2D eigenvalue weighted by Crippen LogP contribution is 2.21. The van der Waals surface area contributed by atoms with Crippen LogP contribution in [0.1, 0.15) is 23.7 Å². The van der Waals surface area contributed by atoms with Gasteiger partial charge in [0.15, 0.2) is 0 Å². The second-order valence-corrected chi connectivity index (χ2v) is 3.91. The van der Waals surface area contributed by atoms with Crippen molar-refractivity contribution in [1.29, 1.82) is 0 Å². The summed E-state index contributed by atoms with van der Waals surface area (Å²) in [6.45, 7) is 0.144. The predicted octanol–water partition coefficient (Wildman–Crippen LogP) is 0.322. The lowest BCUT2D eigenvalue weighted by Crippen LogP contribution is -2.23. The fourth-order valence-corrected chi connectivity index (χ4v) is 1.57. The first-order valence-corrected chi connectivity index (χ1v) is 5.50. The summed E-state index contributed by atoms with van der Waals surface area (Å²) in [7, 11) is 1.75. The van der Waals surface area contributed by atoms with Gasteiger partial charge in [0.25, 0.3) is 0 Å². The van der Waals surface area contributed by atoms with Gasteiger partial charge in [-0.25, -0.2) is 4.39 Å². The molecule has 96 valence electrons. The Kier molecular flexibility index (Phi) is 5.50. The van der Waals surface area contributed by atoms with Crippen molar-refractivity contribution in [2.24, 2.45) is 0 Å². The van der Waals surface area contributed by atoms with E-state index in [1.165, 1.54) is 18.2 Å². The molecule has 0 aliphatic rings. The van der Waals surface area contributed by atoms with Crippen molar-refractivity contribution in [3.05, 3.63) is 35.1 Å². The largest absolute Gasteiger partial charge is 0.392 e. The zero-order chi connectivity index (χ0) is 12.8. The van der Waals surface area contributed by atoms with Crippen LogP contribution >= 0.6 is 0 Å². The van der Waals surface area contributed by atoms with Crippen LogP contribution in [0.2, 0.25) is 0 Å². The number of hydrogen-bond acceptors (Lipinski definition) is 4. The molecule has 0 fully saturated rings. The minimum absolute atomic E-state index is 0.113. The molecule has 0 aromatic heterocycles. The van der Waals surface area contributed by atoms with Gasteiger partial charge in [-0.3, -0.25) is 0 Å². The van der Waals surface area contributed by atoms with Gasteiger partial charge in [0.05, 0.1) is 12.7 Å². The zero-order valence-corrected chi connectivity index (χ0v) is 9.73. The van der Waals surface area contributed by atoms with E-state index in [2.05, 4.69) is 5.32 Å². The third-order valence-corrected chi connectivity index (χ3v) is 2.64. The van der Waals surface area contributed by atoms with Gasteiger partial charge in [-0.15, -0.1) is 0 Å². The van der Waals surface area contributed by atoms with Crippen LogP contribution in [-0.4, -0.2) is 35.0 Å². The number of hydrogen-bond donors (Lipinski definition) is 4. The molecular formula is C12H18FNO3. The standard InChI is InChI=1S/C12H18FNO3/c1-14-5-4-11(16)12(17)8-2-3-10(13)9(6-8)7-15/h2-3,6,11-12,14-17H,4-5,7H2,1H3. The number of aliphatic hydroxyl groups excluding tert-OH is 3. The van der Waals surface area contributed by atoms with Crippen molar-refractivity contribution < 1.29 is 19.7 Å². The maximum atomic E-state index is 13.1. The zero-order valence-electron chi connectivity index (χ0n) is 9.73. The van der Waals surface area contributed by atoms with Crippen molar-refractivity contribution >= 4 is 0 Å². The number of aliphatic hydroxyl groups is 3. The Hall–Kier alpha value is -1.01. The van der Waals surface area contributed by atoms with Gasteiger partial charge in [-0.05, 0) is 37.7 Å². The normalized spacial score (nSPS) is 14.6. The van der Waals surface area contributed by atoms with E-state index in [0.29, 0.717) is 18.5 Å². The SMILES string of the molecule is CNCCC(O)C(O)c1ccc(F)c(CO)c1. The van der Waals surface area contributed by atoms with Gasteiger partial charge in [0.2, 0.25) is 0 Å². The third kappa shape index (κ3) is 3.74. The van der Waals surface area contributed by atoms with E-state index < -0.39 is 24.6 Å². The first-order chi connectivity index (χ1) is 8.10. The minimum atomic E-state index is -1.07. The quantitative estimate of drug-likeness (QED) is 0.580. The highest BCUT2D eigenvalue weighted by Gasteiger charge is 2.18. The summed E-state index contributed by atoms with van der Waals surface area (Å²) in [5, 5.41) is 31.3. The Balaban J connectivity index is 2.77. The molecule has 2 unspecified atom stereocenters. The molecule has 4 N–H and O–H groups in total. The van der Waals surface area contributed by atoms with Crippen LogP contribution in [0.4, 0.5) is 4.39 Å². The molecule has 0 bridgehead atoms. The van der Waals surface area contributed by atoms with Crippen molar-refractivity contribution in [3.63, 3.8) is 0 Å². The molecule has 0 spiro atoms. The first-order valence-electron chi connectivity index (χ1n) is 5.50. The topological polar surface area (TPSA) is 72.7 Å². The Bertz CT molecular complexity index is 360. The van der Waals surface area contributed by atoms with E-state index in [-0.39, 0.29) is 5.56 Å². The van der Waals surface area contributed by atoms with Gasteiger partial charge in [0, 0.05) is 5.56 Å². The van der Waals surface area contributed by atoms with Crippen LogP contribution in [0.25, 0.3) is 0 Å². The van der Waals surface area contributed by atoms with Gasteiger partial charge >= 0.3 is 0 Å². The second kappa shape index (κ2) is 6.66. The van der Waals surface area contributed by atoms with Gasteiger partial charge < -0.3 is 20.6 Å². The maximum Gasteiger partial charge on any atom is 0.128 e. The molecule has 0 heterocycles. The van der Waals surface area contributed by atoms with Crippen molar-refractivity contribution in [2.75, 3.05) is 13.6 Å². The predicted molar refractivity (Wildman–Crippen MR) is 61.8 cm³/mol. The Morgan fingerprint density at radius 2 is 2.06 bits per heavy atom. The number of rotatable bonds is 6. The van der Waals surface area contributed by atoms with E-state index >= 15 is 0 Å². The van der Waals surface area contributed by atoms with E-state index in [4.69, 9.17) is 5.11 Å². The summed E-state index contributed by atoms with van der Waals surface area (Å²) in [6.07, 6.45) is -1.60. The van der Waals surface area contributed by atoms with E-state index in [1.54, 1.807) is 7.05 Å². The van der Waals surface area contributed by atoms with Crippen LogP contribution in [0.3, 0.4) is 0 Å². The molecule has 5 heteroatoms. The number of nitrogens with one attached hydrogen (secondary N) is 1. The van der Waals surface area contributed by atoms with Gasteiger partial charge in [-0.2, -0.15) is 0 Å². The summed E-state index contributed by atoms with van der Waals surface area (Å²) < 4.78 is 13.1. The van der Waals surface area contributed by atoms with Crippen LogP contribution in [0.5, 0.6) is 0 Å². The Labute approximate surface area is 99.7 Å². The van der Waals surface area contributed by atoms with Crippen LogP contribution < -0.4 is 5.32 Å². The van der Waals surface area contributed by atoms with Crippen LogP contribution in [0, 0.1) is 5.82 Å². The minimum Gasteiger partial charge on any atom is -0.392 e. The van der Waals surface area contributed by atoms with E-state index in [0.717, 1.165) is 0 Å². The second-order valence-electron chi connectivity index (χ2n) is 3.91. The Morgan fingerprint density at radius 3 is 2.65 bits per heavy atom. The van der Waals surface area contributed by atoms with Crippen LogP contribution in [-0.2, 0) is 6.61 Å². The molecule has 2 atom stereocenters. The summed E-state index contributed by atoms with van der Waals surface area (Å²) in [6, 6.07) is 3.94. The molecule has 0 saturated carbocycles. The average Bonchev–Trinajstić information content (AvgIpc) is 2.35. The van der Waals surface area contributed by atoms with Crippen molar-refractivity contribution in [2.45, 2.75) is 25.2 Å². The fraction of sp³-hybridized carbons (Fsp3) is 0.500. The summed E-state index contributed by atoms with van der Waals surface area (Å²) in [5.41, 5.74) is 0.515. The van der Waals surface area contributed by atoms with Crippen LogP contribution in [0.15, 0.2) is 18.2 Å². The first kappa shape index (κ1) is 14.1. The summed E-state index contributed by atoms with van der Waals surface area (Å²) >= 11 is 0. The van der Waals surface area contributed by atoms with Gasteiger partial charge in [0.1, 0.15) is 11.9 Å². The summed E-state index contributed by atoms with van der Waals surface area (Å²) in [4.78, 5) is 0. The lowest BCUT2D eigenvalue weighted by molar-refractivity contribution is 0.0139. The van der Waals surface area contributed by atoms with Gasteiger partial charge in [-0.1, -0.05) is 6.07 Å². The third-order valence-electron chi connectivity index (χ3n) is 2.64. The van der Waals surface area contributed by atoms with E-state index in [9.17, 15) is 14.6 Å². The molecule has 0 amide bonds. The molecule has 0 aliphatic heterocycles. The highest BCUT2D eigenvalue weighted by atomic mass is 19.1. The number of benzene rings is 1. The van der Waals surface area contributed by atoms with E-state index in [1.807, 2.05) is 0 Å². The molecule has 0 aliphatic carbocycles. The highest BCUT2D eigenvalue weighted by molar-refractivity contribution is 5.26. The molecule has 0 saturated heterocycles. The molecule has 0 radical (unpaired) electrons. The fourth-order valence-electron chi connectivity index (χ4n) is 1.57.